The second-order valence-corrected chi connectivity index (χ2v) is 6.85. The van der Waals surface area contributed by atoms with Crippen LogP contribution in [0.1, 0.15) is 47.0 Å². The maximum absolute atomic E-state index is 12.7. The van der Waals surface area contributed by atoms with Crippen molar-refractivity contribution in [2.24, 2.45) is 0 Å². The Hall–Kier alpha value is -1.40. The van der Waals surface area contributed by atoms with Crippen LogP contribution in [0, 0.1) is 0 Å². The molecule has 0 aromatic heterocycles. The minimum atomic E-state index is -0.731. The number of ether oxygens (including phenoxy) is 2. The van der Waals surface area contributed by atoms with E-state index in [2.05, 4.69) is 17.1 Å². The molecule has 0 unspecified atom stereocenters. The number of nitrogens with one attached hydrogen (secondary N) is 1. The summed E-state index contributed by atoms with van der Waals surface area (Å²) in [6, 6.07) is 0. The molecule has 0 saturated carbocycles. The van der Waals surface area contributed by atoms with Gasteiger partial charge in [-0.2, -0.15) is 0 Å². The molecule has 2 aliphatic rings. The smallest absolute Gasteiger partial charge is 0.335 e. The van der Waals surface area contributed by atoms with Crippen molar-refractivity contribution >= 4 is 11.9 Å². The highest BCUT2D eigenvalue weighted by Crippen LogP contribution is 2.40. The molecule has 0 aromatic carbocycles. The molecule has 2 aliphatic heterocycles. The number of piperidine rings is 1. The topological polar surface area (TPSA) is 67.9 Å². The molecule has 2 rings (SSSR count). The number of carbonyl (C=O) groups is 2. The Morgan fingerprint density at radius 1 is 1.38 bits per heavy atom. The summed E-state index contributed by atoms with van der Waals surface area (Å²) in [6.07, 6.45) is 2.31. The zero-order valence-corrected chi connectivity index (χ0v) is 15.3. The number of hydrogen-bond acceptors (Lipinski definition) is 5. The largest absolute Gasteiger partial charge is 0.450 e. The lowest BCUT2D eigenvalue weighted by atomic mass is 9.82. The minimum Gasteiger partial charge on any atom is -0.450 e. The number of nitrogens with zero attached hydrogens (tertiary/aromatic N) is 1. The van der Waals surface area contributed by atoms with Gasteiger partial charge in [0.2, 0.25) is 0 Å². The molecule has 1 spiro atoms. The number of rotatable bonds is 7. The summed E-state index contributed by atoms with van der Waals surface area (Å²) in [6.45, 7) is 11.6. The highest BCUT2D eigenvalue weighted by Gasteiger charge is 2.50. The molecular weight excluding hydrogens is 308 g/mol. The fraction of sp³-hybridized carbons (Fsp3) is 0.778. The SMILES string of the molecule is CCN1CCC2(CC1)OC(=O)C(C)=C2C(=O)NCCCOC(C)C. The molecule has 0 bridgehead atoms. The van der Waals surface area contributed by atoms with Gasteiger partial charge in [0, 0.05) is 44.7 Å². The molecule has 0 aliphatic carbocycles. The summed E-state index contributed by atoms with van der Waals surface area (Å²) in [7, 11) is 0. The third kappa shape index (κ3) is 4.16. The standard InChI is InChI=1S/C18H30N2O4/c1-5-20-10-7-18(8-11-20)15(14(4)17(22)24-18)16(21)19-9-6-12-23-13(2)3/h13H,5-12H2,1-4H3,(H,19,21). The van der Waals surface area contributed by atoms with Gasteiger partial charge in [-0.1, -0.05) is 6.92 Å². The van der Waals surface area contributed by atoms with E-state index >= 15 is 0 Å². The maximum atomic E-state index is 12.7. The van der Waals surface area contributed by atoms with E-state index in [-0.39, 0.29) is 18.0 Å². The van der Waals surface area contributed by atoms with Gasteiger partial charge in [0.05, 0.1) is 11.7 Å². The summed E-state index contributed by atoms with van der Waals surface area (Å²) in [5, 5.41) is 2.92. The van der Waals surface area contributed by atoms with Crippen LogP contribution in [-0.4, -0.2) is 61.3 Å². The van der Waals surface area contributed by atoms with Gasteiger partial charge >= 0.3 is 5.97 Å². The molecule has 24 heavy (non-hydrogen) atoms. The predicted octanol–water partition coefficient (Wildman–Crippen LogP) is 1.65. The molecule has 0 radical (unpaired) electrons. The van der Waals surface area contributed by atoms with Crippen LogP contribution in [0.4, 0.5) is 0 Å². The Labute approximate surface area is 144 Å². The number of hydrogen-bond donors (Lipinski definition) is 1. The van der Waals surface area contributed by atoms with Crippen molar-refractivity contribution < 1.29 is 19.1 Å². The first-order valence-corrected chi connectivity index (χ1v) is 8.96. The van der Waals surface area contributed by atoms with Crippen LogP contribution in [0.2, 0.25) is 0 Å². The normalized spacial score (nSPS) is 20.8. The molecule has 2 heterocycles. The summed E-state index contributed by atoms with van der Waals surface area (Å²) in [4.78, 5) is 27.0. The Morgan fingerprint density at radius 3 is 2.62 bits per heavy atom. The van der Waals surface area contributed by atoms with Gasteiger partial charge < -0.3 is 19.7 Å². The van der Waals surface area contributed by atoms with Crippen LogP contribution in [0.5, 0.6) is 0 Å². The molecular formula is C18H30N2O4. The van der Waals surface area contributed by atoms with E-state index in [0.29, 0.717) is 37.1 Å². The van der Waals surface area contributed by atoms with Crippen molar-refractivity contribution in [3.63, 3.8) is 0 Å². The van der Waals surface area contributed by atoms with Crippen LogP contribution >= 0.6 is 0 Å². The van der Waals surface area contributed by atoms with Crippen molar-refractivity contribution in [3.05, 3.63) is 11.1 Å². The zero-order valence-electron chi connectivity index (χ0n) is 15.3. The highest BCUT2D eigenvalue weighted by molar-refractivity contribution is 6.07. The van der Waals surface area contributed by atoms with E-state index in [4.69, 9.17) is 9.47 Å². The quantitative estimate of drug-likeness (QED) is 0.565. The van der Waals surface area contributed by atoms with E-state index < -0.39 is 5.60 Å². The molecule has 1 N–H and O–H groups in total. The summed E-state index contributed by atoms with van der Waals surface area (Å²) < 4.78 is 11.1. The second kappa shape index (κ2) is 8.12. The summed E-state index contributed by atoms with van der Waals surface area (Å²) in [5.74, 6) is -0.527. The Morgan fingerprint density at radius 2 is 2.04 bits per heavy atom. The van der Waals surface area contributed by atoms with Crippen molar-refractivity contribution in [2.75, 3.05) is 32.8 Å². The van der Waals surface area contributed by atoms with Crippen molar-refractivity contribution in [1.82, 2.24) is 10.2 Å². The molecule has 0 aromatic rings. The predicted molar refractivity (Wildman–Crippen MR) is 91.6 cm³/mol. The number of amides is 1. The first-order chi connectivity index (χ1) is 11.4. The third-order valence-electron chi connectivity index (χ3n) is 4.82. The molecule has 6 nitrogen and oxygen atoms in total. The molecule has 0 atom stereocenters. The Kier molecular flexibility index (Phi) is 6.40. The molecule has 6 heteroatoms. The van der Waals surface area contributed by atoms with Gasteiger partial charge in [-0.15, -0.1) is 0 Å². The van der Waals surface area contributed by atoms with E-state index in [0.717, 1.165) is 26.1 Å². The van der Waals surface area contributed by atoms with Gasteiger partial charge in [-0.3, -0.25) is 4.79 Å². The first kappa shape index (κ1) is 18.9. The highest BCUT2D eigenvalue weighted by atomic mass is 16.6. The monoisotopic (exact) mass is 338 g/mol. The molecule has 1 amide bonds. The van der Waals surface area contributed by atoms with Crippen LogP contribution in [0.3, 0.4) is 0 Å². The lowest BCUT2D eigenvalue weighted by Crippen LogP contribution is -2.48. The van der Waals surface area contributed by atoms with Crippen LogP contribution in [-0.2, 0) is 19.1 Å². The zero-order chi connectivity index (χ0) is 17.7. The Bertz CT molecular complexity index is 505. The van der Waals surface area contributed by atoms with E-state index in [9.17, 15) is 9.59 Å². The van der Waals surface area contributed by atoms with Gasteiger partial charge in [0.15, 0.2) is 0 Å². The maximum Gasteiger partial charge on any atom is 0.335 e. The first-order valence-electron chi connectivity index (χ1n) is 8.96. The van der Waals surface area contributed by atoms with Gasteiger partial charge in [0.1, 0.15) is 5.60 Å². The lowest BCUT2D eigenvalue weighted by Gasteiger charge is -2.39. The minimum absolute atomic E-state index is 0.173. The molecule has 1 fully saturated rings. The lowest BCUT2D eigenvalue weighted by molar-refractivity contribution is -0.150. The third-order valence-corrected chi connectivity index (χ3v) is 4.82. The van der Waals surface area contributed by atoms with Gasteiger partial charge in [-0.25, -0.2) is 4.79 Å². The van der Waals surface area contributed by atoms with Gasteiger partial charge in [0.25, 0.3) is 5.91 Å². The number of likely N-dealkylation sites (tertiary alicyclic amines) is 1. The molecule has 136 valence electrons. The van der Waals surface area contributed by atoms with E-state index in [1.54, 1.807) is 6.92 Å². The van der Waals surface area contributed by atoms with Crippen LogP contribution in [0.15, 0.2) is 11.1 Å². The Balaban J connectivity index is 1.97. The van der Waals surface area contributed by atoms with Crippen LogP contribution < -0.4 is 5.32 Å². The summed E-state index contributed by atoms with van der Waals surface area (Å²) in [5.41, 5.74) is 0.259. The van der Waals surface area contributed by atoms with E-state index in [1.165, 1.54) is 0 Å². The number of esters is 1. The average molecular weight is 338 g/mol. The average Bonchev–Trinajstić information content (AvgIpc) is 2.78. The number of carbonyl (C=O) groups excluding carboxylic acids is 2. The van der Waals surface area contributed by atoms with Crippen molar-refractivity contribution in [1.29, 1.82) is 0 Å². The second-order valence-electron chi connectivity index (χ2n) is 6.85. The van der Waals surface area contributed by atoms with Crippen LogP contribution in [0.25, 0.3) is 0 Å². The van der Waals surface area contributed by atoms with Crippen molar-refractivity contribution in [2.45, 2.75) is 58.7 Å². The fourth-order valence-corrected chi connectivity index (χ4v) is 3.39. The van der Waals surface area contributed by atoms with E-state index in [1.807, 2.05) is 13.8 Å². The van der Waals surface area contributed by atoms with Gasteiger partial charge in [-0.05, 0) is 33.7 Å². The summed E-state index contributed by atoms with van der Waals surface area (Å²) >= 11 is 0. The molecule has 1 saturated heterocycles. The van der Waals surface area contributed by atoms with Crippen molar-refractivity contribution in [3.8, 4) is 0 Å². The fourth-order valence-electron chi connectivity index (χ4n) is 3.39.